The second-order valence-electron chi connectivity index (χ2n) is 5.90. The largest absolute Gasteiger partial charge is 0.487 e. The third-order valence-electron chi connectivity index (χ3n) is 3.80. The molecule has 0 radical (unpaired) electrons. The Morgan fingerprint density at radius 3 is 2.57 bits per heavy atom. The number of carboxylic acid groups (broad SMARTS) is 1. The van der Waals surface area contributed by atoms with Crippen LogP contribution in [-0.2, 0) is 12.8 Å². The van der Waals surface area contributed by atoms with Gasteiger partial charge in [0, 0.05) is 12.5 Å². The predicted molar refractivity (Wildman–Crippen MR) is 94.4 cm³/mol. The second-order valence-corrected chi connectivity index (χ2v) is 6.31. The minimum Gasteiger partial charge on any atom is -0.487 e. The topological polar surface area (TPSA) is 72.6 Å². The summed E-state index contributed by atoms with van der Waals surface area (Å²) in [7, 11) is 0. The van der Waals surface area contributed by atoms with Gasteiger partial charge in [-0.05, 0) is 42.0 Å². The first-order valence-electron chi connectivity index (χ1n) is 7.93. The van der Waals surface area contributed by atoms with Crippen molar-refractivity contribution in [3.05, 3.63) is 70.2 Å². The van der Waals surface area contributed by atoms with E-state index in [1.165, 1.54) is 18.3 Å². The Morgan fingerprint density at radius 1 is 1.25 bits per heavy atom. The van der Waals surface area contributed by atoms with Crippen LogP contribution in [0.25, 0.3) is 11.3 Å². The number of nitrogens with zero attached hydrogens (tertiary/aromatic N) is 1. The molecule has 0 spiro atoms. The molecule has 1 heterocycles. The SMILES string of the molecule is Cc1ncc(-c2cc(COc3ccc(C(F)(F)F)cc3Cl)cc(C(=O)O)c2)o1. The van der Waals surface area contributed by atoms with Crippen molar-refractivity contribution < 1.29 is 32.2 Å². The first-order valence-corrected chi connectivity index (χ1v) is 8.31. The van der Waals surface area contributed by atoms with Crippen LogP contribution in [-0.4, -0.2) is 16.1 Å². The average Bonchev–Trinajstić information content (AvgIpc) is 3.06. The molecule has 3 aromatic rings. The van der Waals surface area contributed by atoms with Gasteiger partial charge < -0.3 is 14.3 Å². The molecule has 0 saturated heterocycles. The van der Waals surface area contributed by atoms with E-state index in [0.29, 0.717) is 22.8 Å². The third-order valence-corrected chi connectivity index (χ3v) is 4.09. The maximum absolute atomic E-state index is 12.7. The molecule has 0 aliphatic heterocycles. The maximum Gasteiger partial charge on any atom is 0.416 e. The molecule has 0 bridgehead atoms. The lowest BCUT2D eigenvalue weighted by atomic mass is 10.0. The first-order chi connectivity index (χ1) is 13.1. The van der Waals surface area contributed by atoms with Crippen molar-refractivity contribution in [3.63, 3.8) is 0 Å². The molecule has 9 heteroatoms. The van der Waals surface area contributed by atoms with Crippen LogP contribution >= 0.6 is 11.6 Å². The number of aromatic nitrogens is 1. The fourth-order valence-corrected chi connectivity index (χ4v) is 2.73. The lowest BCUT2D eigenvalue weighted by molar-refractivity contribution is -0.137. The second kappa shape index (κ2) is 7.55. The summed E-state index contributed by atoms with van der Waals surface area (Å²) < 4.78 is 49.0. The van der Waals surface area contributed by atoms with Crippen LogP contribution in [0.1, 0.15) is 27.4 Å². The highest BCUT2D eigenvalue weighted by Crippen LogP contribution is 2.35. The van der Waals surface area contributed by atoms with Crippen molar-refractivity contribution in [1.29, 1.82) is 0 Å². The minimum absolute atomic E-state index is 0.00340. The molecule has 0 amide bonds. The summed E-state index contributed by atoms with van der Waals surface area (Å²) in [6, 6.07) is 7.21. The highest BCUT2D eigenvalue weighted by molar-refractivity contribution is 6.32. The van der Waals surface area contributed by atoms with Gasteiger partial charge in [0.2, 0.25) is 0 Å². The summed E-state index contributed by atoms with van der Waals surface area (Å²) in [5.74, 6) is -0.293. The van der Waals surface area contributed by atoms with Gasteiger partial charge in [-0.1, -0.05) is 11.6 Å². The van der Waals surface area contributed by atoms with E-state index in [2.05, 4.69) is 4.98 Å². The zero-order chi connectivity index (χ0) is 20.5. The highest BCUT2D eigenvalue weighted by Gasteiger charge is 2.31. The number of oxazole rings is 1. The Kier molecular flexibility index (Phi) is 5.33. The molecule has 146 valence electrons. The molecule has 0 saturated carbocycles. The van der Waals surface area contributed by atoms with Gasteiger partial charge >= 0.3 is 12.1 Å². The van der Waals surface area contributed by atoms with Crippen molar-refractivity contribution in [2.45, 2.75) is 19.7 Å². The Bertz CT molecular complexity index is 1030. The van der Waals surface area contributed by atoms with Crippen molar-refractivity contribution in [2.75, 3.05) is 0 Å². The molecule has 0 unspecified atom stereocenters. The van der Waals surface area contributed by atoms with E-state index in [-0.39, 0.29) is 22.9 Å². The molecule has 1 N–H and O–H groups in total. The zero-order valence-corrected chi connectivity index (χ0v) is 15.1. The standard InChI is InChI=1S/C19H13ClF3NO4/c1-10-24-8-17(28-10)12-4-11(5-13(6-12)18(25)26)9-27-16-3-2-14(7-15(16)20)19(21,22)23/h2-8H,9H2,1H3,(H,25,26). The van der Waals surface area contributed by atoms with Crippen LogP contribution in [0.2, 0.25) is 5.02 Å². The monoisotopic (exact) mass is 411 g/mol. The summed E-state index contributed by atoms with van der Waals surface area (Å²) in [4.78, 5) is 15.4. The van der Waals surface area contributed by atoms with E-state index in [4.69, 9.17) is 20.8 Å². The zero-order valence-electron chi connectivity index (χ0n) is 14.4. The molecule has 0 atom stereocenters. The van der Waals surface area contributed by atoms with Gasteiger partial charge in [0.15, 0.2) is 11.7 Å². The molecule has 0 aliphatic carbocycles. The maximum atomic E-state index is 12.7. The van der Waals surface area contributed by atoms with Crippen molar-refractivity contribution in [1.82, 2.24) is 4.98 Å². The number of halogens is 4. The lowest BCUT2D eigenvalue weighted by Gasteiger charge is -2.12. The van der Waals surface area contributed by atoms with Crippen molar-refractivity contribution >= 4 is 17.6 Å². The summed E-state index contributed by atoms with van der Waals surface area (Å²) in [6.45, 7) is 1.55. The average molecular weight is 412 g/mol. The van der Waals surface area contributed by atoms with Gasteiger partial charge in [0.25, 0.3) is 0 Å². The molecule has 5 nitrogen and oxygen atoms in total. The van der Waals surface area contributed by atoms with Crippen LogP contribution in [0.15, 0.2) is 47.0 Å². The number of carbonyl (C=O) groups is 1. The van der Waals surface area contributed by atoms with Gasteiger partial charge in [-0.15, -0.1) is 0 Å². The molecule has 28 heavy (non-hydrogen) atoms. The van der Waals surface area contributed by atoms with Crippen LogP contribution < -0.4 is 4.74 Å². The number of rotatable bonds is 5. The van der Waals surface area contributed by atoms with E-state index in [1.807, 2.05) is 0 Å². The number of benzene rings is 2. The predicted octanol–water partition coefficient (Wildman–Crippen LogP) is 5.60. The number of hydrogen-bond acceptors (Lipinski definition) is 4. The minimum atomic E-state index is -4.51. The number of alkyl halides is 3. The molecule has 3 rings (SSSR count). The number of aryl methyl sites for hydroxylation is 1. The summed E-state index contributed by atoms with van der Waals surface area (Å²) in [5.41, 5.74) is 0.0712. The van der Waals surface area contributed by atoms with E-state index < -0.39 is 17.7 Å². The molecule has 0 fully saturated rings. The van der Waals surface area contributed by atoms with Gasteiger partial charge in [-0.3, -0.25) is 0 Å². The Labute approximate surface area is 162 Å². The Morgan fingerprint density at radius 2 is 2.00 bits per heavy atom. The summed E-state index contributed by atoms with van der Waals surface area (Å²) in [5, 5.41) is 9.11. The Hall–Kier alpha value is -3.00. The van der Waals surface area contributed by atoms with Crippen LogP contribution in [0.4, 0.5) is 13.2 Å². The molecular weight excluding hydrogens is 399 g/mol. The quantitative estimate of drug-likeness (QED) is 0.591. The van der Waals surface area contributed by atoms with Crippen LogP contribution in [0.3, 0.4) is 0 Å². The summed E-state index contributed by atoms with van der Waals surface area (Å²) >= 11 is 5.87. The molecule has 1 aromatic heterocycles. The Balaban J connectivity index is 1.86. The van der Waals surface area contributed by atoms with Gasteiger partial charge in [0.05, 0.1) is 22.3 Å². The van der Waals surface area contributed by atoms with E-state index >= 15 is 0 Å². The van der Waals surface area contributed by atoms with Crippen molar-refractivity contribution in [3.8, 4) is 17.1 Å². The summed E-state index contributed by atoms with van der Waals surface area (Å²) in [6.07, 6.45) is -3.05. The molecule has 2 aromatic carbocycles. The number of aromatic carboxylic acids is 1. The lowest BCUT2D eigenvalue weighted by Crippen LogP contribution is -2.05. The van der Waals surface area contributed by atoms with E-state index in [9.17, 15) is 23.1 Å². The normalized spacial score (nSPS) is 11.5. The van der Waals surface area contributed by atoms with Crippen LogP contribution in [0.5, 0.6) is 5.75 Å². The smallest absolute Gasteiger partial charge is 0.416 e. The third kappa shape index (κ3) is 4.45. The number of ether oxygens (including phenoxy) is 1. The number of carboxylic acids is 1. The molecular formula is C19H13ClF3NO4. The van der Waals surface area contributed by atoms with E-state index in [1.54, 1.807) is 13.0 Å². The molecule has 0 aliphatic rings. The van der Waals surface area contributed by atoms with E-state index in [0.717, 1.165) is 18.2 Å². The first kappa shape index (κ1) is 19.8. The fraction of sp³-hybridized carbons (Fsp3) is 0.158. The van der Waals surface area contributed by atoms with Crippen LogP contribution in [0, 0.1) is 6.92 Å². The van der Waals surface area contributed by atoms with Gasteiger partial charge in [-0.25, -0.2) is 9.78 Å². The van der Waals surface area contributed by atoms with Gasteiger partial charge in [0.1, 0.15) is 12.4 Å². The highest BCUT2D eigenvalue weighted by atomic mass is 35.5. The van der Waals surface area contributed by atoms with Crippen molar-refractivity contribution in [2.24, 2.45) is 0 Å². The van der Waals surface area contributed by atoms with Gasteiger partial charge in [-0.2, -0.15) is 13.2 Å². The number of hydrogen-bond donors (Lipinski definition) is 1. The fourth-order valence-electron chi connectivity index (χ4n) is 2.49.